The zero-order chi connectivity index (χ0) is 30.7. The molecule has 0 aliphatic rings. The number of aliphatic hydroxyl groups is 1. The van der Waals surface area contributed by atoms with Crippen molar-refractivity contribution < 1.29 is 48.0 Å². The number of nitrogens with one attached hydrogen (secondary N) is 3. The molecule has 0 bridgehead atoms. The van der Waals surface area contributed by atoms with Crippen molar-refractivity contribution in [3.63, 3.8) is 0 Å². The van der Waals surface area contributed by atoms with E-state index in [9.17, 15) is 0 Å². The predicted molar refractivity (Wildman–Crippen MR) is 157 cm³/mol. The lowest BCUT2D eigenvalue weighted by Gasteiger charge is -2.07. The van der Waals surface area contributed by atoms with Gasteiger partial charge in [0.2, 0.25) is 0 Å². The monoisotopic (exact) mass is 615 g/mol. The molecule has 0 fully saturated rings. The molecule has 0 aliphatic carbocycles. The second kappa shape index (κ2) is 35.1. The van der Waals surface area contributed by atoms with Crippen LogP contribution in [-0.2, 0) is 34.9 Å². The summed E-state index contributed by atoms with van der Waals surface area (Å²) in [6, 6.07) is 10.1. The summed E-state index contributed by atoms with van der Waals surface area (Å²) in [5, 5.41) is 18.2. The highest BCUT2D eigenvalue weighted by Crippen LogP contribution is 2.25. The van der Waals surface area contributed by atoms with E-state index in [4.69, 9.17) is 59.5 Å². The first-order valence-corrected chi connectivity index (χ1v) is 15.3. The Labute approximate surface area is 244 Å². The van der Waals surface area contributed by atoms with Crippen LogP contribution in [0.1, 0.15) is 5.56 Å². The van der Waals surface area contributed by atoms with Gasteiger partial charge in [0, 0.05) is 52.4 Å². The molecule has 0 spiro atoms. The van der Waals surface area contributed by atoms with Crippen LogP contribution in [0.3, 0.4) is 0 Å². The minimum Gasteiger partial charge on any atom is -0.394 e. The fourth-order valence-electron chi connectivity index (χ4n) is 2.64. The third-order valence-corrected chi connectivity index (χ3v) is 4.43. The molecule has 0 atom stereocenters. The van der Waals surface area contributed by atoms with E-state index >= 15 is 0 Å². The standard InChI is InChI=1S/C17H28O6.C8H23N5.H3O4P/c18-6-7-19-8-9-20-10-11-21-12-13-22-14-15-23-16-17-4-2-1-3-5-17;9-1-3-11-5-7-13-8-6-12-4-2-10;1-5(2,3)4/h1-5,18H,6-16H2;11-13H,1-10H2;(H3,1,2,3,4). The molecule has 244 valence electrons. The van der Waals surface area contributed by atoms with Gasteiger partial charge < -0.3 is 70.9 Å². The fourth-order valence-corrected chi connectivity index (χ4v) is 2.64. The van der Waals surface area contributed by atoms with E-state index in [0.717, 1.165) is 44.8 Å². The number of benzene rings is 1. The van der Waals surface area contributed by atoms with E-state index < -0.39 is 7.82 Å². The summed E-state index contributed by atoms with van der Waals surface area (Å²) in [7, 11) is -4.64. The first kappa shape index (κ1) is 42.0. The second-order valence-corrected chi connectivity index (χ2v) is 9.08. The zero-order valence-electron chi connectivity index (χ0n) is 24.2. The summed E-state index contributed by atoms with van der Waals surface area (Å²) in [6.45, 7) is 12.5. The Morgan fingerprint density at radius 1 is 0.585 bits per heavy atom. The van der Waals surface area contributed by atoms with Crippen molar-refractivity contribution in [3.05, 3.63) is 35.9 Å². The normalized spacial score (nSPS) is 11.0. The molecule has 0 aromatic heterocycles. The molecule has 1 aromatic carbocycles. The molecule has 16 heteroatoms. The number of hydrogen-bond donors (Lipinski definition) is 9. The van der Waals surface area contributed by atoms with Crippen molar-refractivity contribution >= 4 is 7.82 Å². The zero-order valence-corrected chi connectivity index (χ0v) is 25.1. The lowest BCUT2D eigenvalue weighted by atomic mass is 10.2. The topological polar surface area (TPSA) is 232 Å². The third-order valence-electron chi connectivity index (χ3n) is 4.43. The SMILES string of the molecule is NCCNCCNCCNCCN.O=P(O)(O)O.OCCOCCOCCOCCOCCOCc1ccccc1. The van der Waals surface area contributed by atoms with Crippen molar-refractivity contribution in [3.8, 4) is 0 Å². The maximum absolute atomic E-state index is 8.88. The molecule has 1 aromatic rings. The van der Waals surface area contributed by atoms with Gasteiger partial charge in [-0.3, -0.25) is 0 Å². The number of hydrogen-bond acceptors (Lipinski definition) is 12. The Hall–Kier alpha value is -1.11. The van der Waals surface area contributed by atoms with E-state index in [-0.39, 0.29) is 6.61 Å². The number of nitrogens with two attached hydrogens (primary N) is 2. The Bertz CT molecular complexity index is 647. The lowest BCUT2D eigenvalue weighted by molar-refractivity contribution is -0.0145. The van der Waals surface area contributed by atoms with Gasteiger partial charge >= 0.3 is 7.82 Å². The van der Waals surface area contributed by atoms with Gasteiger partial charge in [0.25, 0.3) is 0 Å². The van der Waals surface area contributed by atoms with Gasteiger partial charge in [-0.15, -0.1) is 0 Å². The minimum atomic E-state index is -4.64. The summed E-state index contributed by atoms with van der Waals surface area (Å²) in [5.74, 6) is 0. The maximum atomic E-state index is 8.88. The molecule has 0 heterocycles. The molecule has 15 nitrogen and oxygen atoms in total. The van der Waals surface area contributed by atoms with Gasteiger partial charge in [0.1, 0.15) is 0 Å². The summed E-state index contributed by atoms with van der Waals surface area (Å²) in [5.41, 5.74) is 11.8. The average Bonchev–Trinajstić information content (AvgIpc) is 2.94. The van der Waals surface area contributed by atoms with Crippen LogP contribution in [0.5, 0.6) is 0 Å². The van der Waals surface area contributed by atoms with Gasteiger partial charge in [-0.05, 0) is 5.56 Å². The van der Waals surface area contributed by atoms with Crippen molar-refractivity contribution in [1.29, 1.82) is 0 Å². The highest BCUT2D eigenvalue weighted by molar-refractivity contribution is 7.45. The smallest absolute Gasteiger partial charge is 0.394 e. The fraction of sp³-hybridized carbons (Fsp3) is 0.760. The summed E-state index contributed by atoms with van der Waals surface area (Å²) >= 11 is 0. The van der Waals surface area contributed by atoms with Crippen LogP contribution in [-0.4, -0.2) is 138 Å². The average molecular weight is 616 g/mol. The summed E-state index contributed by atoms with van der Waals surface area (Å²) in [6.07, 6.45) is 0. The molecule has 0 aliphatic heterocycles. The van der Waals surface area contributed by atoms with E-state index in [2.05, 4.69) is 16.0 Å². The highest BCUT2D eigenvalue weighted by Gasteiger charge is 2.00. The van der Waals surface area contributed by atoms with E-state index in [1.807, 2.05) is 30.3 Å². The van der Waals surface area contributed by atoms with Crippen LogP contribution < -0.4 is 27.4 Å². The maximum Gasteiger partial charge on any atom is 0.466 e. The molecule has 1 rings (SSSR count). The highest BCUT2D eigenvalue weighted by atomic mass is 31.2. The number of ether oxygens (including phenoxy) is 5. The Kier molecular flexibility index (Phi) is 36.0. The number of rotatable bonds is 26. The van der Waals surface area contributed by atoms with Crippen molar-refractivity contribution in [2.24, 2.45) is 11.5 Å². The van der Waals surface area contributed by atoms with Crippen LogP contribution in [0.25, 0.3) is 0 Å². The van der Waals surface area contributed by atoms with Crippen LogP contribution >= 0.6 is 7.82 Å². The van der Waals surface area contributed by atoms with Gasteiger partial charge in [0.15, 0.2) is 0 Å². The van der Waals surface area contributed by atoms with E-state index in [1.54, 1.807) is 0 Å². The van der Waals surface area contributed by atoms with Crippen LogP contribution in [0.4, 0.5) is 0 Å². The molecule has 0 saturated heterocycles. The summed E-state index contributed by atoms with van der Waals surface area (Å²) < 4.78 is 35.5. The third kappa shape index (κ3) is 46.1. The predicted octanol–water partition coefficient (Wildman–Crippen LogP) is -1.99. The van der Waals surface area contributed by atoms with Crippen molar-refractivity contribution in [2.45, 2.75) is 6.61 Å². The second-order valence-electron chi connectivity index (χ2n) is 8.05. The molecule has 41 heavy (non-hydrogen) atoms. The van der Waals surface area contributed by atoms with Gasteiger partial charge in [-0.2, -0.15) is 0 Å². The van der Waals surface area contributed by atoms with Gasteiger partial charge in [-0.25, -0.2) is 4.57 Å². The largest absolute Gasteiger partial charge is 0.466 e. The quantitative estimate of drug-likeness (QED) is 0.0405. The molecular weight excluding hydrogens is 561 g/mol. The first-order chi connectivity index (χ1) is 19.8. The van der Waals surface area contributed by atoms with Crippen LogP contribution in [0, 0.1) is 0 Å². The Balaban J connectivity index is 0. The van der Waals surface area contributed by atoms with E-state index in [1.165, 1.54) is 0 Å². The van der Waals surface area contributed by atoms with Gasteiger partial charge in [-0.1, -0.05) is 30.3 Å². The van der Waals surface area contributed by atoms with Gasteiger partial charge in [0.05, 0.1) is 72.7 Å². The first-order valence-electron chi connectivity index (χ1n) is 13.7. The Morgan fingerprint density at radius 3 is 1.29 bits per heavy atom. The summed E-state index contributed by atoms with van der Waals surface area (Å²) in [4.78, 5) is 21.6. The molecule has 0 amide bonds. The molecule has 11 N–H and O–H groups in total. The minimum absolute atomic E-state index is 0.0421. The van der Waals surface area contributed by atoms with Crippen LogP contribution in [0.15, 0.2) is 30.3 Å². The molecule has 0 unspecified atom stereocenters. The molecular formula is C25H54N5O10P. The number of phosphoric acid groups is 1. The van der Waals surface area contributed by atoms with Crippen molar-refractivity contribution in [1.82, 2.24) is 16.0 Å². The number of aliphatic hydroxyl groups excluding tert-OH is 1. The van der Waals surface area contributed by atoms with Crippen LogP contribution in [0.2, 0.25) is 0 Å². The Morgan fingerprint density at radius 2 is 0.927 bits per heavy atom. The molecule has 0 radical (unpaired) electrons. The lowest BCUT2D eigenvalue weighted by Crippen LogP contribution is -2.35. The molecule has 0 saturated carbocycles. The van der Waals surface area contributed by atoms with Crippen molar-refractivity contribution in [2.75, 3.05) is 118 Å². The van der Waals surface area contributed by atoms with E-state index in [0.29, 0.717) is 79.2 Å².